The molecule has 5 heteroatoms. The largest absolute Gasteiger partial charge is 0.324 e. The van der Waals surface area contributed by atoms with E-state index in [1.807, 2.05) is 69.5 Å². The Morgan fingerprint density at radius 2 is 1.96 bits per heavy atom. The lowest BCUT2D eigenvalue weighted by atomic mass is 9.85. The van der Waals surface area contributed by atoms with E-state index >= 15 is 0 Å². The van der Waals surface area contributed by atoms with Gasteiger partial charge >= 0.3 is 0 Å². The van der Waals surface area contributed by atoms with Crippen molar-refractivity contribution >= 4 is 35.0 Å². The zero-order chi connectivity index (χ0) is 18.2. The summed E-state index contributed by atoms with van der Waals surface area (Å²) in [4.78, 5) is 28.0. The number of rotatable bonds is 4. The summed E-state index contributed by atoms with van der Waals surface area (Å²) < 4.78 is 0. The van der Waals surface area contributed by atoms with Crippen molar-refractivity contribution in [1.29, 1.82) is 0 Å². The van der Waals surface area contributed by atoms with Gasteiger partial charge in [-0.1, -0.05) is 23.8 Å². The third-order valence-corrected chi connectivity index (χ3v) is 5.28. The van der Waals surface area contributed by atoms with Crippen molar-refractivity contribution < 1.29 is 9.59 Å². The standard InChI is InChI=1S/C20H22N2O2S/c1-13-8-9-17-16(10-13)20(2,3)19(24)22(17)12-18(23)21-14-6-5-7-15(11-14)25-4/h5-11H,12H2,1-4H3,(H,21,23). The van der Waals surface area contributed by atoms with E-state index in [4.69, 9.17) is 0 Å². The van der Waals surface area contributed by atoms with Crippen LogP contribution in [-0.4, -0.2) is 24.6 Å². The number of nitrogens with zero attached hydrogens (tertiary/aromatic N) is 1. The van der Waals surface area contributed by atoms with Crippen LogP contribution < -0.4 is 10.2 Å². The zero-order valence-electron chi connectivity index (χ0n) is 14.9. The van der Waals surface area contributed by atoms with E-state index in [0.717, 1.165) is 27.4 Å². The number of aryl methyl sites for hydroxylation is 1. The number of nitrogens with one attached hydrogen (secondary N) is 1. The molecule has 2 aromatic carbocycles. The first kappa shape index (κ1) is 17.5. The van der Waals surface area contributed by atoms with E-state index in [1.54, 1.807) is 16.7 Å². The molecule has 0 radical (unpaired) electrons. The van der Waals surface area contributed by atoms with Gasteiger partial charge < -0.3 is 10.2 Å². The predicted molar refractivity (Wildman–Crippen MR) is 103 cm³/mol. The number of fused-ring (bicyclic) bond motifs is 1. The highest BCUT2D eigenvalue weighted by molar-refractivity contribution is 7.98. The Morgan fingerprint density at radius 3 is 2.68 bits per heavy atom. The molecule has 1 aliphatic heterocycles. The molecule has 25 heavy (non-hydrogen) atoms. The maximum Gasteiger partial charge on any atom is 0.244 e. The number of anilines is 2. The summed E-state index contributed by atoms with van der Waals surface area (Å²) in [6.07, 6.45) is 1.99. The summed E-state index contributed by atoms with van der Waals surface area (Å²) in [5, 5.41) is 2.89. The average Bonchev–Trinajstić information content (AvgIpc) is 2.76. The molecular weight excluding hydrogens is 332 g/mol. The van der Waals surface area contributed by atoms with E-state index in [2.05, 4.69) is 5.32 Å². The van der Waals surface area contributed by atoms with Gasteiger partial charge in [-0.2, -0.15) is 0 Å². The molecule has 0 saturated heterocycles. The molecular formula is C20H22N2O2S. The van der Waals surface area contributed by atoms with E-state index in [9.17, 15) is 9.59 Å². The fraction of sp³-hybridized carbons (Fsp3) is 0.300. The van der Waals surface area contributed by atoms with Gasteiger partial charge in [-0.25, -0.2) is 0 Å². The summed E-state index contributed by atoms with van der Waals surface area (Å²) in [7, 11) is 0. The lowest BCUT2D eigenvalue weighted by molar-refractivity contribution is -0.124. The van der Waals surface area contributed by atoms with Crippen molar-refractivity contribution in [2.45, 2.75) is 31.1 Å². The first-order valence-corrected chi connectivity index (χ1v) is 9.42. The maximum absolute atomic E-state index is 12.8. The molecule has 4 nitrogen and oxygen atoms in total. The zero-order valence-corrected chi connectivity index (χ0v) is 15.7. The quantitative estimate of drug-likeness (QED) is 0.845. The SMILES string of the molecule is CSc1cccc(NC(=O)CN2C(=O)C(C)(C)c3cc(C)ccc32)c1. The summed E-state index contributed by atoms with van der Waals surface area (Å²) in [6, 6.07) is 13.6. The molecule has 0 aliphatic carbocycles. The van der Waals surface area contributed by atoms with Crippen LogP contribution in [0.25, 0.3) is 0 Å². The van der Waals surface area contributed by atoms with Crippen LogP contribution in [0.5, 0.6) is 0 Å². The number of amides is 2. The second-order valence-electron chi connectivity index (χ2n) is 6.82. The Morgan fingerprint density at radius 1 is 1.20 bits per heavy atom. The van der Waals surface area contributed by atoms with Crippen molar-refractivity contribution in [2.24, 2.45) is 0 Å². The molecule has 1 N–H and O–H groups in total. The third kappa shape index (κ3) is 3.29. The summed E-state index contributed by atoms with van der Waals surface area (Å²) in [6.45, 7) is 5.84. The lowest BCUT2D eigenvalue weighted by Gasteiger charge is -2.20. The number of carbonyl (C=O) groups is 2. The van der Waals surface area contributed by atoms with Crippen molar-refractivity contribution in [1.82, 2.24) is 0 Å². The molecule has 3 rings (SSSR count). The highest BCUT2D eigenvalue weighted by atomic mass is 32.2. The molecule has 1 aliphatic rings. The summed E-state index contributed by atoms with van der Waals surface area (Å²) in [5.41, 5.74) is 3.05. The maximum atomic E-state index is 12.8. The Labute approximate surface area is 152 Å². The fourth-order valence-electron chi connectivity index (χ4n) is 3.15. The minimum atomic E-state index is -0.611. The van der Waals surface area contributed by atoms with Crippen molar-refractivity contribution in [3.8, 4) is 0 Å². The third-order valence-electron chi connectivity index (χ3n) is 4.55. The van der Waals surface area contributed by atoms with Gasteiger partial charge in [-0.3, -0.25) is 9.59 Å². The van der Waals surface area contributed by atoms with Gasteiger partial charge in [0.15, 0.2) is 0 Å². The highest BCUT2D eigenvalue weighted by Gasteiger charge is 2.44. The van der Waals surface area contributed by atoms with Gasteiger partial charge in [0.1, 0.15) is 6.54 Å². The normalized spacial score (nSPS) is 15.2. The van der Waals surface area contributed by atoms with Crippen LogP contribution in [0, 0.1) is 6.92 Å². The molecule has 2 amide bonds. The molecule has 2 aromatic rings. The van der Waals surface area contributed by atoms with Crippen LogP contribution in [0.3, 0.4) is 0 Å². The van der Waals surface area contributed by atoms with Crippen LogP contribution in [0.15, 0.2) is 47.4 Å². The van der Waals surface area contributed by atoms with Gasteiger partial charge in [0, 0.05) is 16.3 Å². The minimum absolute atomic E-state index is 0.0157. The topological polar surface area (TPSA) is 49.4 Å². The van der Waals surface area contributed by atoms with Gasteiger partial charge in [-0.05, 0) is 56.9 Å². The van der Waals surface area contributed by atoms with Crippen LogP contribution in [-0.2, 0) is 15.0 Å². The molecule has 0 aromatic heterocycles. The van der Waals surface area contributed by atoms with E-state index in [-0.39, 0.29) is 18.4 Å². The van der Waals surface area contributed by atoms with Gasteiger partial charge in [-0.15, -0.1) is 11.8 Å². The highest BCUT2D eigenvalue weighted by Crippen LogP contribution is 2.41. The summed E-state index contributed by atoms with van der Waals surface area (Å²) in [5.74, 6) is -0.239. The minimum Gasteiger partial charge on any atom is -0.324 e. The molecule has 0 atom stereocenters. The van der Waals surface area contributed by atoms with Crippen LogP contribution in [0.4, 0.5) is 11.4 Å². The summed E-state index contributed by atoms with van der Waals surface area (Å²) >= 11 is 1.62. The Balaban J connectivity index is 1.81. The number of thioether (sulfide) groups is 1. The van der Waals surface area contributed by atoms with E-state index in [1.165, 1.54) is 0 Å². The predicted octanol–water partition coefficient (Wildman–Crippen LogP) is 3.98. The van der Waals surface area contributed by atoms with E-state index < -0.39 is 5.41 Å². The van der Waals surface area contributed by atoms with Crippen LogP contribution in [0.1, 0.15) is 25.0 Å². The smallest absolute Gasteiger partial charge is 0.244 e. The van der Waals surface area contributed by atoms with Gasteiger partial charge in [0.05, 0.1) is 5.41 Å². The average molecular weight is 354 g/mol. The fourth-order valence-corrected chi connectivity index (χ4v) is 3.61. The molecule has 0 bridgehead atoms. The molecule has 1 heterocycles. The Bertz CT molecular complexity index is 845. The van der Waals surface area contributed by atoms with Gasteiger partial charge in [0.2, 0.25) is 11.8 Å². The van der Waals surface area contributed by atoms with Crippen molar-refractivity contribution in [3.63, 3.8) is 0 Å². The molecule has 0 unspecified atom stereocenters. The Hall–Kier alpha value is -2.27. The monoisotopic (exact) mass is 354 g/mol. The Kier molecular flexibility index (Phi) is 4.60. The molecule has 130 valence electrons. The first-order valence-electron chi connectivity index (χ1n) is 8.20. The number of carbonyl (C=O) groups excluding carboxylic acids is 2. The molecule has 0 fully saturated rings. The second-order valence-corrected chi connectivity index (χ2v) is 7.70. The van der Waals surface area contributed by atoms with Crippen molar-refractivity contribution in [3.05, 3.63) is 53.6 Å². The lowest BCUT2D eigenvalue weighted by Crippen LogP contribution is -2.40. The second kappa shape index (κ2) is 6.56. The van der Waals surface area contributed by atoms with Crippen LogP contribution in [0.2, 0.25) is 0 Å². The van der Waals surface area contributed by atoms with Gasteiger partial charge in [0.25, 0.3) is 0 Å². The van der Waals surface area contributed by atoms with E-state index in [0.29, 0.717) is 0 Å². The molecule has 0 saturated carbocycles. The molecule has 0 spiro atoms. The first-order chi connectivity index (χ1) is 11.8. The van der Waals surface area contributed by atoms with Crippen LogP contribution >= 0.6 is 11.8 Å². The number of hydrogen-bond donors (Lipinski definition) is 1. The number of hydrogen-bond acceptors (Lipinski definition) is 3. The number of benzene rings is 2. The van der Waals surface area contributed by atoms with Crippen molar-refractivity contribution in [2.75, 3.05) is 23.0 Å².